The second-order valence-electron chi connectivity index (χ2n) is 3.69. The number of rotatable bonds is 2. The van der Waals surface area contributed by atoms with E-state index in [4.69, 9.17) is 10.5 Å². The molecule has 0 fully saturated rings. The summed E-state index contributed by atoms with van der Waals surface area (Å²) in [6.07, 6.45) is 1.75. The molecule has 2 rings (SSSR count). The number of anilines is 1. The molecule has 3 nitrogen and oxygen atoms in total. The van der Waals surface area contributed by atoms with Gasteiger partial charge < -0.3 is 10.5 Å². The molecular formula is C13H14N2O. The van der Waals surface area contributed by atoms with Crippen molar-refractivity contribution in [1.82, 2.24) is 4.98 Å². The van der Waals surface area contributed by atoms with Crippen LogP contribution in [0.2, 0.25) is 0 Å². The lowest BCUT2D eigenvalue weighted by molar-refractivity contribution is 0.415. The van der Waals surface area contributed by atoms with Gasteiger partial charge in [-0.05, 0) is 42.8 Å². The first kappa shape index (κ1) is 10.5. The summed E-state index contributed by atoms with van der Waals surface area (Å²) in [7, 11) is 1.64. The molecule has 0 saturated carbocycles. The molecule has 82 valence electrons. The van der Waals surface area contributed by atoms with Gasteiger partial charge in [-0.1, -0.05) is 0 Å². The van der Waals surface area contributed by atoms with Crippen LogP contribution in [0.25, 0.3) is 11.3 Å². The fourth-order valence-electron chi connectivity index (χ4n) is 1.72. The number of nitrogens with two attached hydrogens (primary N) is 1. The first-order chi connectivity index (χ1) is 7.70. The largest absolute Gasteiger partial charge is 0.494 e. The molecule has 0 aliphatic carbocycles. The maximum Gasteiger partial charge on any atom is 0.145 e. The van der Waals surface area contributed by atoms with Crippen molar-refractivity contribution in [2.45, 2.75) is 6.92 Å². The number of hydrogen-bond donors (Lipinski definition) is 1. The van der Waals surface area contributed by atoms with E-state index in [1.165, 1.54) is 0 Å². The summed E-state index contributed by atoms with van der Waals surface area (Å²) in [5, 5.41) is 0. The van der Waals surface area contributed by atoms with Gasteiger partial charge in [0.1, 0.15) is 11.4 Å². The third-order valence-electron chi connectivity index (χ3n) is 2.36. The minimum atomic E-state index is 0.739. The van der Waals surface area contributed by atoms with Crippen LogP contribution >= 0.6 is 0 Å². The Hall–Kier alpha value is -2.03. The van der Waals surface area contributed by atoms with Crippen LogP contribution in [0.1, 0.15) is 5.56 Å². The Balaban J connectivity index is 2.58. The van der Waals surface area contributed by atoms with Gasteiger partial charge in [0.15, 0.2) is 0 Å². The second kappa shape index (κ2) is 4.23. The average Bonchev–Trinajstić information content (AvgIpc) is 2.27. The van der Waals surface area contributed by atoms with E-state index in [-0.39, 0.29) is 0 Å². The zero-order valence-corrected chi connectivity index (χ0v) is 9.40. The van der Waals surface area contributed by atoms with Crippen molar-refractivity contribution in [3.8, 4) is 17.0 Å². The average molecular weight is 214 g/mol. The third kappa shape index (κ3) is 1.98. The Morgan fingerprint density at radius 1 is 1.25 bits per heavy atom. The molecule has 0 amide bonds. The summed E-state index contributed by atoms with van der Waals surface area (Å²) < 4.78 is 5.28. The number of aromatic nitrogens is 1. The lowest BCUT2D eigenvalue weighted by atomic mass is 10.1. The van der Waals surface area contributed by atoms with E-state index in [0.717, 1.165) is 28.3 Å². The molecule has 0 aliphatic heterocycles. The third-order valence-corrected chi connectivity index (χ3v) is 2.36. The molecule has 0 unspecified atom stereocenters. The van der Waals surface area contributed by atoms with E-state index in [1.54, 1.807) is 13.3 Å². The molecule has 0 saturated heterocycles. The Kier molecular flexibility index (Phi) is 2.77. The van der Waals surface area contributed by atoms with E-state index in [0.29, 0.717) is 0 Å². The minimum absolute atomic E-state index is 0.739. The summed E-state index contributed by atoms with van der Waals surface area (Å²) in [6.45, 7) is 2.01. The number of hydrogen-bond acceptors (Lipinski definition) is 3. The topological polar surface area (TPSA) is 48.1 Å². The van der Waals surface area contributed by atoms with Crippen LogP contribution in [0.5, 0.6) is 5.75 Å². The van der Waals surface area contributed by atoms with Gasteiger partial charge >= 0.3 is 0 Å². The predicted molar refractivity (Wildman–Crippen MR) is 65.4 cm³/mol. The summed E-state index contributed by atoms with van der Waals surface area (Å²) in [5.74, 6) is 0.757. The molecular weight excluding hydrogens is 200 g/mol. The summed E-state index contributed by atoms with van der Waals surface area (Å²) in [4.78, 5) is 4.32. The van der Waals surface area contributed by atoms with E-state index < -0.39 is 0 Å². The van der Waals surface area contributed by atoms with Gasteiger partial charge in [0.25, 0.3) is 0 Å². The molecule has 1 aromatic carbocycles. The molecule has 3 heteroatoms. The lowest BCUT2D eigenvalue weighted by Gasteiger charge is -2.08. The number of nitrogens with zero attached hydrogens (tertiary/aromatic N) is 1. The van der Waals surface area contributed by atoms with Gasteiger partial charge in [0.05, 0.1) is 7.11 Å². The van der Waals surface area contributed by atoms with Crippen molar-refractivity contribution in [3.63, 3.8) is 0 Å². The zero-order valence-electron chi connectivity index (χ0n) is 9.40. The number of methoxy groups -OCH3 is 1. The van der Waals surface area contributed by atoms with Crippen molar-refractivity contribution < 1.29 is 4.74 Å². The van der Waals surface area contributed by atoms with Gasteiger partial charge in [-0.25, -0.2) is 0 Å². The van der Waals surface area contributed by atoms with Crippen LogP contribution < -0.4 is 10.5 Å². The SMILES string of the molecule is COc1cccnc1-c1cc(C)cc(N)c1. The number of aryl methyl sites for hydroxylation is 1. The van der Waals surface area contributed by atoms with Crippen molar-refractivity contribution >= 4 is 5.69 Å². The first-order valence-electron chi connectivity index (χ1n) is 5.07. The number of nitrogen functional groups attached to an aromatic ring is 1. The Labute approximate surface area is 94.9 Å². The quantitative estimate of drug-likeness (QED) is 0.782. The van der Waals surface area contributed by atoms with Gasteiger partial charge in [-0.3, -0.25) is 4.98 Å². The predicted octanol–water partition coefficient (Wildman–Crippen LogP) is 2.65. The molecule has 0 bridgehead atoms. The first-order valence-corrected chi connectivity index (χ1v) is 5.07. The molecule has 0 aliphatic rings. The standard InChI is InChI=1S/C13H14N2O/c1-9-6-10(8-11(14)7-9)13-12(16-2)4-3-5-15-13/h3-8H,14H2,1-2H3. The Morgan fingerprint density at radius 2 is 2.06 bits per heavy atom. The van der Waals surface area contributed by atoms with Gasteiger partial charge in [-0.2, -0.15) is 0 Å². The van der Waals surface area contributed by atoms with Gasteiger partial charge in [0, 0.05) is 17.4 Å². The van der Waals surface area contributed by atoms with Crippen LogP contribution in [0, 0.1) is 6.92 Å². The van der Waals surface area contributed by atoms with E-state index in [1.807, 2.05) is 37.3 Å². The highest BCUT2D eigenvalue weighted by molar-refractivity contribution is 5.70. The van der Waals surface area contributed by atoms with Crippen molar-refractivity contribution in [1.29, 1.82) is 0 Å². The van der Waals surface area contributed by atoms with Crippen LogP contribution in [0.4, 0.5) is 5.69 Å². The smallest absolute Gasteiger partial charge is 0.145 e. The Bertz CT molecular complexity index is 489. The second-order valence-corrected chi connectivity index (χ2v) is 3.69. The van der Waals surface area contributed by atoms with Crippen LogP contribution in [0.3, 0.4) is 0 Å². The molecule has 2 N–H and O–H groups in total. The van der Waals surface area contributed by atoms with Crippen molar-refractivity contribution in [3.05, 3.63) is 42.1 Å². The number of pyridine rings is 1. The molecule has 16 heavy (non-hydrogen) atoms. The van der Waals surface area contributed by atoms with Crippen LogP contribution in [-0.2, 0) is 0 Å². The molecule has 0 atom stereocenters. The fourth-order valence-corrected chi connectivity index (χ4v) is 1.72. The lowest BCUT2D eigenvalue weighted by Crippen LogP contribution is -1.93. The highest BCUT2D eigenvalue weighted by Gasteiger charge is 2.07. The normalized spacial score (nSPS) is 10.1. The Morgan fingerprint density at radius 3 is 2.75 bits per heavy atom. The van der Waals surface area contributed by atoms with Crippen LogP contribution in [0.15, 0.2) is 36.5 Å². The van der Waals surface area contributed by atoms with E-state index in [9.17, 15) is 0 Å². The van der Waals surface area contributed by atoms with Gasteiger partial charge in [-0.15, -0.1) is 0 Å². The number of benzene rings is 1. The maximum atomic E-state index is 5.82. The molecule has 0 spiro atoms. The molecule has 1 heterocycles. The maximum absolute atomic E-state index is 5.82. The van der Waals surface area contributed by atoms with E-state index >= 15 is 0 Å². The molecule has 2 aromatic rings. The highest BCUT2D eigenvalue weighted by Crippen LogP contribution is 2.29. The summed E-state index contributed by atoms with van der Waals surface area (Å²) in [6, 6.07) is 9.61. The monoisotopic (exact) mass is 214 g/mol. The fraction of sp³-hybridized carbons (Fsp3) is 0.154. The van der Waals surface area contributed by atoms with E-state index in [2.05, 4.69) is 4.98 Å². The molecule has 0 radical (unpaired) electrons. The minimum Gasteiger partial charge on any atom is -0.494 e. The van der Waals surface area contributed by atoms with Crippen LogP contribution in [-0.4, -0.2) is 12.1 Å². The van der Waals surface area contributed by atoms with Gasteiger partial charge in [0.2, 0.25) is 0 Å². The highest BCUT2D eigenvalue weighted by atomic mass is 16.5. The zero-order chi connectivity index (χ0) is 11.5. The summed E-state index contributed by atoms with van der Waals surface area (Å²) >= 11 is 0. The summed E-state index contributed by atoms with van der Waals surface area (Å²) in [5.41, 5.74) is 9.47. The number of ether oxygens (including phenoxy) is 1. The van der Waals surface area contributed by atoms with Crippen molar-refractivity contribution in [2.75, 3.05) is 12.8 Å². The van der Waals surface area contributed by atoms with Crippen molar-refractivity contribution in [2.24, 2.45) is 0 Å². The molecule has 1 aromatic heterocycles.